The zero-order valence-corrected chi connectivity index (χ0v) is 11.7. The number of nitrogens with zero attached hydrogens (tertiary/aromatic N) is 3. The number of anilines is 2. The van der Waals surface area contributed by atoms with Gasteiger partial charge in [0, 0.05) is 11.1 Å². The quantitative estimate of drug-likeness (QED) is 0.589. The average molecular weight is 320 g/mol. The zero-order chi connectivity index (χ0) is 15.3. The third-order valence-corrected chi connectivity index (χ3v) is 3.45. The van der Waals surface area contributed by atoms with Gasteiger partial charge in [-0.15, -0.1) is 0 Å². The number of halogens is 3. The highest BCUT2D eigenvalue weighted by atomic mass is 35.5. The van der Waals surface area contributed by atoms with E-state index in [-0.39, 0.29) is 5.69 Å². The molecule has 2 heterocycles. The van der Waals surface area contributed by atoms with E-state index in [9.17, 15) is 8.78 Å². The molecule has 0 bridgehead atoms. The number of H-pyrrole nitrogens is 1. The van der Waals surface area contributed by atoms with Crippen molar-refractivity contribution in [2.75, 3.05) is 5.32 Å². The molecule has 0 unspecified atom stereocenters. The van der Waals surface area contributed by atoms with E-state index in [1.807, 2.05) is 0 Å². The van der Waals surface area contributed by atoms with Gasteiger partial charge in [-0.1, -0.05) is 11.6 Å². The highest BCUT2D eigenvalue weighted by Gasteiger charge is 2.11. The van der Waals surface area contributed by atoms with Gasteiger partial charge < -0.3 is 5.32 Å². The highest BCUT2D eigenvalue weighted by Crippen LogP contribution is 2.22. The summed E-state index contributed by atoms with van der Waals surface area (Å²) in [5.41, 5.74) is 1.61. The van der Waals surface area contributed by atoms with Crippen LogP contribution in [0.5, 0.6) is 0 Å². The standard InChI is InChI=1S/C14H8ClF2N5/c15-7-1-4-12-11(5-7)19-14-20-13(21-22(12)14)18-10-3-2-8(16)6-9(10)17/h1-6H,(H2,18,19,20,21). The SMILES string of the molecule is Fc1ccc(Nc2nc3nc4cc(Cl)ccc4n3[nH]2)c(F)c1. The fraction of sp³-hybridized carbons (Fsp3) is 0. The summed E-state index contributed by atoms with van der Waals surface area (Å²) in [7, 11) is 0. The van der Waals surface area contributed by atoms with Crippen molar-refractivity contribution in [1.29, 1.82) is 0 Å². The first kappa shape index (κ1) is 13.0. The van der Waals surface area contributed by atoms with E-state index in [1.54, 1.807) is 22.7 Å². The van der Waals surface area contributed by atoms with Crippen LogP contribution in [0.4, 0.5) is 20.4 Å². The molecule has 0 fully saturated rings. The molecular weight excluding hydrogens is 312 g/mol. The van der Waals surface area contributed by atoms with Gasteiger partial charge in [-0.05, 0) is 30.3 Å². The molecule has 2 aromatic heterocycles. The number of hydrogen-bond acceptors (Lipinski definition) is 3. The predicted molar refractivity (Wildman–Crippen MR) is 79.5 cm³/mol. The molecule has 0 atom stereocenters. The molecule has 22 heavy (non-hydrogen) atoms. The number of fused-ring (bicyclic) bond motifs is 3. The maximum atomic E-state index is 13.6. The molecule has 0 spiro atoms. The Morgan fingerprint density at radius 2 is 1.95 bits per heavy atom. The molecule has 5 nitrogen and oxygen atoms in total. The molecule has 2 aromatic carbocycles. The van der Waals surface area contributed by atoms with Gasteiger partial charge in [-0.2, -0.15) is 4.98 Å². The Labute approximate surface area is 127 Å². The minimum atomic E-state index is -0.703. The molecule has 4 aromatic rings. The summed E-state index contributed by atoms with van der Waals surface area (Å²) in [6, 6.07) is 8.54. The van der Waals surface area contributed by atoms with Gasteiger partial charge in [0.25, 0.3) is 5.78 Å². The first-order chi connectivity index (χ1) is 10.6. The van der Waals surface area contributed by atoms with Gasteiger partial charge in [0.05, 0.1) is 16.7 Å². The second kappa shape index (κ2) is 4.67. The summed E-state index contributed by atoms with van der Waals surface area (Å²) in [5.74, 6) is -0.627. The lowest BCUT2D eigenvalue weighted by Crippen LogP contribution is -1.97. The summed E-state index contributed by atoms with van der Waals surface area (Å²) in [4.78, 5) is 8.54. The van der Waals surface area contributed by atoms with Crippen molar-refractivity contribution in [2.24, 2.45) is 0 Å². The highest BCUT2D eigenvalue weighted by molar-refractivity contribution is 6.31. The topological polar surface area (TPSA) is 58.0 Å². The Hall–Kier alpha value is -2.67. The van der Waals surface area contributed by atoms with Gasteiger partial charge in [-0.3, -0.25) is 5.10 Å². The van der Waals surface area contributed by atoms with Gasteiger partial charge in [0.2, 0.25) is 5.95 Å². The Morgan fingerprint density at radius 1 is 1.09 bits per heavy atom. The molecule has 8 heteroatoms. The maximum absolute atomic E-state index is 13.6. The Balaban J connectivity index is 1.76. The van der Waals surface area contributed by atoms with Gasteiger partial charge >= 0.3 is 0 Å². The number of aromatic amines is 1. The van der Waals surface area contributed by atoms with Crippen molar-refractivity contribution in [3.05, 3.63) is 53.1 Å². The number of aromatic nitrogens is 4. The molecule has 0 aliphatic rings. The van der Waals surface area contributed by atoms with Gasteiger partial charge in [0.1, 0.15) is 11.6 Å². The summed E-state index contributed by atoms with van der Waals surface area (Å²) in [6.07, 6.45) is 0. The number of imidazole rings is 1. The molecule has 0 saturated heterocycles. The molecular formula is C14H8ClF2N5. The van der Waals surface area contributed by atoms with E-state index in [2.05, 4.69) is 20.4 Å². The van der Waals surface area contributed by atoms with Crippen LogP contribution in [0, 0.1) is 11.6 Å². The van der Waals surface area contributed by atoms with E-state index < -0.39 is 11.6 Å². The Bertz CT molecular complexity index is 1010. The van der Waals surface area contributed by atoms with E-state index in [1.165, 1.54) is 6.07 Å². The molecule has 0 aliphatic carbocycles. The first-order valence-electron chi connectivity index (χ1n) is 6.36. The minimum Gasteiger partial charge on any atom is -0.322 e. The lowest BCUT2D eigenvalue weighted by molar-refractivity contribution is 0.586. The summed E-state index contributed by atoms with van der Waals surface area (Å²) >= 11 is 5.92. The van der Waals surface area contributed by atoms with Crippen molar-refractivity contribution >= 4 is 40.0 Å². The second-order valence-electron chi connectivity index (χ2n) is 4.70. The van der Waals surface area contributed by atoms with E-state index in [4.69, 9.17) is 11.6 Å². The van der Waals surface area contributed by atoms with Crippen molar-refractivity contribution < 1.29 is 8.78 Å². The molecule has 110 valence electrons. The molecule has 0 radical (unpaired) electrons. The number of hydrogen-bond donors (Lipinski definition) is 2. The smallest absolute Gasteiger partial charge is 0.253 e. The monoisotopic (exact) mass is 319 g/mol. The fourth-order valence-corrected chi connectivity index (χ4v) is 2.40. The summed E-state index contributed by atoms with van der Waals surface area (Å²) in [5, 5.41) is 6.30. The third-order valence-electron chi connectivity index (χ3n) is 3.21. The van der Waals surface area contributed by atoms with Crippen molar-refractivity contribution in [1.82, 2.24) is 19.6 Å². The number of rotatable bonds is 2. The molecule has 0 amide bonds. The van der Waals surface area contributed by atoms with Crippen molar-refractivity contribution in [3.63, 3.8) is 0 Å². The van der Waals surface area contributed by atoms with Crippen LogP contribution in [0.3, 0.4) is 0 Å². The first-order valence-corrected chi connectivity index (χ1v) is 6.74. The zero-order valence-electron chi connectivity index (χ0n) is 10.9. The van der Waals surface area contributed by atoms with E-state index >= 15 is 0 Å². The second-order valence-corrected chi connectivity index (χ2v) is 5.14. The fourth-order valence-electron chi connectivity index (χ4n) is 2.23. The van der Waals surface area contributed by atoms with Crippen LogP contribution in [0.25, 0.3) is 16.8 Å². The molecule has 2 N–H and O–H groups in total. The van der Waals surface area contributed by atoms with Gasteiger partial charge in [-0.25, -0.2) is 18.3 Å². The van der Waals surface area contributed by atoms with Crippen molar-refractivity contribution in [2.45, 2.75) is 0 Å². The van der Waals surface area contributed by atoms with Crippen LogP contribution in [-0.2, 0) is 0 Å². The lowest BCUT2D eigenvalue weighted by Gasteiger charge is -2.03. The summed E-state index contributed by atoms with van der Waals surface area (Å²) < 4.78 is 28.2. The summed E-state index contributed by atoms with van der Waals surface area (Å²) in [6.45, 7) is 0. The largest absolute Gasteiger partial charge is 0.322 e. The minimum absolute atomic E-state index is 0.116. The van der Waals surface area contributed by atoms with Crippen LogP contribution in [0.1, 0.15) is 0 Å². The van der Waals surface area contributed by atoms with E-state index in [0.717, 1.165) is 17.6 Å². The van der Waals surface area contributed by atoms with Crippen LogP contribution >= 0.6 is 11.6 Å². The molecule has 0 aliphatic heterocycles. The predicted octanol–water partition coefficient (Wildman–Crippen LogP) is 3.89. The normalized spacial score (nSPS) is 11.4. The van der Waals surface area contributed by atoms with Crippen molar-refractivity contribution in [3.8, 4) is 0 Å². The Morgan fingerprint density at radius 3 is 2.77 bits per heavy atom. The third kappa shape index (κ3) is 2.06. The number of benzene rings is 2. The number of nitrogens with one attached hydrogen (secondary N) is 2. The van der Waals surface area contributed by atoms with Crippen LogP contribution in [-0.4, -0.2) is 19.6 Å². The average Bonchev–Trinajstić information content (AvgIpc) is 2.98. The van der Waals surface area contributed by atoms with E-state index in [0.29, 0.717) is 22.3 Å². The van der Waals surface area contributed by atoms with Crippen LogP contribution < -0.4 is 5.32 Å². The maximum Gasteiger partial charge on any atom is 0.253 e. The Kier molecular flexibility index (Phi) is 2.77. The lowest BCUT2D eigenvalue weighted by atomic mass is 10.3. The van der Waals surface area contributed by atoms with Gasteiger partial charge in [0.15, 0.2) is 0 Å². The van der Waals surface area contributed by atoms with Crippen LogP contribution in [0.2, 0.25) is 5.02 Å². The molecule has 4 rings (SSSR count). The molecule has 0 saturated carbocycles. The van der Waals surface area contributed by atoms with Crippen LogP contribution in [0.15, 0.2) is 36.4 Å².